The van der Waals surface area contributed by atoms with Crippen molar-refractivity contribution in [1.82, 2.24) is 0 Å². The highest BCUT2D eigenvalue weighted by Crippen LogP contribution is 2.69. The van der Waals surface area contributed by atoms with Crippen LogP contribution in [-0.2, 0) is 4.79 Å². The summed E-state index contributed by atoms with van der Waals surface area (Å²) in [5.41, 5.74) is 5.57. The van der Waals surface area contributed by atoms with Crippen molar-refractivity contribution >= 4 is 5.97 Å². The number of nitrogens with two attached hydrogens (primary N) is 1. The number of carboxylic acid groups (broad SMARTS) is 1. The smallest absolute Gasteiger partial charge is 0.303 e. The van der Waals surface area contributed by atoms with E-state index >= 15 is 0 Å². The minimum atomic E-state index is -0.779. The molecule has 3 fully saturated rings. The summed E-state index contributed by atoms with van der Waals surface area (Å²) in [6.07, 6.45) is 3.31. The largest absolute Gasteiger partial charge is 0.481 e. The maximum Gasteiger partial charge on any atom is 0.303 e. The molecule has 3 N–H and O–H groups in total. The van der Waals surface area contributed by atoms with E-state index in [-0.39, 0.29) is 35.5 Å². The number of carbonyl (C=O) groups is 1. The summed E-state index contributed by atoms with van der Waals surface area (Å²) in [5.74, 6) is -0.0362. The number of fused-ring (bicyclic) bond motifs is 1. The lowest BCUT2D eigenvalue weighted by molar-refractivity contribution is -0.161. The summed E-state index contributed by atoms with van der Waals surface area (Å²) in [4.78, 5) is 11.0. The SMILES string of the molecule is NC[C@@]1(CC(=O)O)[C@@H]2C[C@@H]3CCC[C@H]1[C@H]2[C@H]3F. The first-order valence-corrected chi connectivity index (χ1v) is 6.66. The molecule has 0 aliphatic heterocycles. The van der Waals surface area contributed by atoms with Crippen molar-refractivity contribution in [2.75, 3.05) is 6.54 Å². The van der Waals surface area contributed by atoms with Crippen LogP contribution < -0.4 is 5.73 Å². The van der Waals surface area contributed by atoms with E-state index in [9.17, 15) is 9.18 Å². The van der Waals surface area contributed by atoms with Gasteiger partial charge in [0, 0.05) is 0 Å². The van der Waals surface area contributed by atoms with Crippen LogP contribution >= 0.6 is 0 Å². The molecule has 96 valence electrons. The summed E-state index contributed by atoms with van der Waals surface area (Å²) < 4.78 is 14.2. The summed E-state index contributed by atoms with van der Waals surface area (Å²) in [6.45, 7) is 0.407. The van der Waals surface area contributed by atoms with Gasteiger partial charge < -0.3 is 10.8 Å². The van der Waals surface area contributed by atoms with Gasteiger partial charge in [-0.3, -0.25) is 4.79 Å². The quantitative estimate of drug-likeness (QED) is 0.792. The molecule has 3 saturated carbocycles. The number of aliphatic carboxylic acids is 1. The number of hydrogen-bond donors (Lipinski definition) is 2. The van der Waals surface area contributed by atoms with Crippen LogP contribution in [0.1, 0.15) is 32.1 Å². The standard InChI is InChI=1S/C13H20FNO2/c14-12-7-2-1-3-8-11(12)9(4-7)13(8,6-15)5-10(16)17/h7-9,11-12H,1-6,15H2,(H,16,17)/t7-,8-,9+,11+,12-,13+/m0/s1. The van der Waals surface area contributed by atoms with Crippen molar-refractivity contribution < 1.29 is 14.3 Å². The average molecular weight is 241 g/mol. The molecule has 0 saturated heterocycles. The van der Waals surface area contributed by atoms with Gasteiger partial charge in [-0.25, -0.2) is 4.39 Å². The topological polar surface area (TPSA) is 63.3 Å². The van der Waals surface area contributed by atoms with E-state index in [0.717, 1.165) is 25.7 Å². The van der Waals surface area contributed by atoms with Gasteiger partial charge in [0.05, 0.1) is 6.42 Å². The Hall–Kier alpha value is -0.640. The van der Waals surface area contributed by atoms with Gasteiger partial charge in [-0.15, -0.1) is 0 Å². The number of carboxylic acids is 1. The molecule has 0 heterocycles. The minimum Gasteiger partial charge on any atom is -0.481 e. The molecule has 0 unspecified atom stereocenters. The molecule has 0 aromatic rings. The molecule has 17 heavy (non-hydrogen) atoms. The second-order valence-electron chi connectivity index (χ2n) is 6.17. The molecular formula is C13H20FNO2. The predicted octanol–water partition coefficient (Wildman–Crippen LogP) is 1.81. The molecule has 3 nitrogen and oxygen atoms in total. The van der Waals surface area contributed by atoms with Crippen molar-refractivity contribution in [3.05, 3.63) is 0 Å². The zero-order chi connectivity index (χ0) is 12.2. The molecular weight excluding hydrogens is 221 g/mol. The summed E-state index contributed by atoms with van der Waals surface area (Å²) >= 11 is 0. The molecule has 0 amide bonds. The normalized spacial score (nSPS) is 51.8. The lowest BCUT2D eigenvalue weighted by atomic mass is 9.45. The Kier molecular flexibility index (Phi) is 2.47. The van der Waals surface area contributed by atoms with Crippen LogP contribution in [0, 0.1) is 29.1 Å². The first kappa shape index (κ1) is 11.5. The zero-order valence-electron chi connectivity index (χ0n) is 9.94. The van der Waals surface area contributed by atoms with Gasteiger partial charge in [0.25, 0.3) is 0 Å². The van der Waals surface area contributed by atoms with Crippen molar-refractivity contribution in [2.45, 2.75) is 38.3 Å². The van der Waals surface area contributed by atoms with E-state index in [2.05, 4.69) is 0 Å². The van der Waals surface area contributed by atoms with Gasteiger partial charge in [0.2, 0.25) is 0 Å². The maximum atomic E-state index is 14.2. The molecule has 3 rings (SSSR count). The molecule has 6 atom stereocenters. The highest BCUT2D eigenvalue weighted by molar-refractivity contribution is 5.68. The van der Waals surface area contributed by atoms with Crippen LogP contribution in [0.5, 0.6) is 0 Å². The molecule has 3 aliphatic carbocycles. The van der Waals surface area contributed by atoms with Gasteiger partial charge >= 0.3 is 5.97 Å². The van der Waals surface area contributed by atoms with Crippen molar-refractivity contribution in [1.29, 1.82) is 0 Å². The van der Waals surface area contributed by atoms with E-state index < -0.39 is 12.1 Å². The Bertz CT molecular complexity index is 348. The lowest BCUT2D eigenvalue weighted by Gasteiger charge is -2.59. The molecule has 4 heteroatoms. The lowest BCUT2D eigenvalue weighted by Crippen LogP contribution is -2.60. The number of hydrogen-bond acceptors (Lipinski definition) is 2. The Labute approximate surface area is 101 Å². The Morgan fingerprint density at radius 2 is 2.18 bits per heavy atom. The van der Waals surface area contributed by atoms with E-state index in [1.54, 1.807) is 0 Å². The van der Waals surface area contributed by atoms with Crippen LogP contribution in [0.2, 0.25) is 0 Å². The predicted molar refractivity (Wildman–Crippen MR) is 61.1 cm³/mol. The first-order chi connectivity index (χ1) is 8.10. The third kappa shape index (κ3) is 1.33. The van der Waals surface area contributed by atoms with Gasteiger partial charge in [-0.05, 0) is 54.9 Å². The van der Waals surface area contributed by atoms with E-state index in [1.165, 1.54) is 0 Å². The fourth-order valence-corrected chi connectivity index (χ4v) is 5.09. The molecule has 0 spiro atoms. The third-order valence-electron chi connectivity index (χ3n) is 5.73. The summed E-state index contributed by atoms with van der Waals surface area (Å²) in [7, 11) is 0. The second kappa shape index (κ2) is 3.67. The van der Waals surface area contributed by atoms with Crippen LogP contribution in [-0.4, -0.2) is 23.8 Å². The average Bonchev–Trinajstić information content (AvgIpc) is 2.42. The van der Waals surface area contributed by atoms with Gasteiger partial charge in [0.15, 0.2) is 0 Å². The van der Waals surface area contributed by atoms with Gasteiger partial charge in [-0.2, -0.15) is 0 Å². The van der Waals surface area contributed by atoms with Crippen molar-refractivity contribution in [3.8, 4) is 0 Å². The Morgan fingerprint density at radius 1 is 1.41 bits per heavy atom. The van der Waals surface area contributed by atoms with Crippen LogP contribution in [0.4, 0.5) is 4.39 Å². The Morgan fingerprint density at radius 3 is 2.82 bits per heavy atom. The van der Waals surface area contributed by atoms with Crippen molar-refractivity contribution in [3.63, 3.8) is 0 Å². The van der Waals surface area contributed by atoms with E-state index in [0.29, 0.717) is 6.54 Å². The summed E-state index contributed by atoms with van der Waals surface area (Å²) in [6, 6.07) is 0. The molecule has 3 aliphatic rings. The molecule has 0 aromatic carbocycles. The zero-order valence-corrected chi connectivity index (χ0v) is 9.94. The Balaban J connectivity index is 1.91. The monoisotopic (exact) mass is 241 g/mol. The summed E-state index contributed by atoms with van der Waals surface area (Å²) in [5, 5.41) is 9.08. The number of rotatable bonds is 3. The van der Waals surface area contributed by atoms with Crippen LogP contribution in [0.15, 0.2) is 0 Å². The van der Waals surface area contributed by atoms with Crippen LogP contribution in [0.3, 0.4) is 0 Å². The van der Waals surface area contributed by atoms with Gasteiger partial charge in [-0.1, -0.05) is 6.42 Å². The second-order valence-corrected chi connectivity index (χ2v) is 6.17. The van der Waals surface area contributed by atoms with Crippen molar-refractivity contribution in [2.24, 2.45) is 34.8 Å². The maximum absolute atomic E-state index is 14.2. The minimum absolute atomic E-state index is 0.116. The highest BCUT2D eigenvalue weighted by atomic mass is 19.1. The highest BCUT2D eigenvalue weighted by Gasteiger charge is 2.68. The van der Waals surface area contributed by atoms with Gasteiger partial charge in [0.1, 0.15) is 6.17 Å². The molecule has 2 bridgehead atoms. The molecule has 0 radical (unpaired) electrons. The van der Waals surface area contributed by atoms with E-state index in [1.807, 2.05) is 0 Å². The fourth-order valence-electron chi connectivity index (χ4n) is 5.09. The first-order valence-electron chi connectivity index (χ1n) is 6.66. The number of halogens is 1. The molecule has 0 aromatic heterocycles. The number of alkyl halides is 1. The van der Waals surface area contributed by atoms with Crippen LogP contribution in [0.25, 0.3) is 0 Å². The third-order valence-corrected chi connectivity index (χ3v) is 5.73. The fraction of sp³-hybridized carbons (Fsp3) is 0.923. The van der Waals surface area contributed by atoms with E-state index in [4.69, 9.17) is 10.8 Å².